The average molecular weight is 310 g/mol. The fourth-order valence-corrected chi connectivity index (χ4v) is 3.37. The van der Waals surface area contributed by atoms with E-state index in [1.165, 1.54) is 18.6 Å². The Labute approximate surface area is 125 Å². The van der Waals surface area contributed by atoms with Crippen molar-refractivity contribution in [3.05, 3.63) is 24.3 Å². The van der Waals surface area contributed by atoms with Crippen LogP contribution in [-0.4, -0.2) is 26.1 Å². The van der Waals surface area contributed by atoms with Gasteiger partial charge in [-0.25, -0.2) is 8.42 Å². The minimum absolute atomic E-state index is 0.119. The number of benzene rings is 1. The molecule has 1 aliphatic rings. The van der Waals surface area contributed by atoms with Crippen LogP contribution in [0.1, 0.15) is 38.5 Å². The molecule has 6 heteroatoms. The molecule has 2 rings (SSSR count). The van der Waals surface area contributed by atoms with E-state index in [1.54, 1.807) is 12.1 Å². The molecule has 0 atom stereocenters. The summed E-state index contributed by atoms with van der Waals surface area (Å²) in [5.74, 6) is -0.119. The van der Waals surface area contributed by atoms with Gasteiger partial charge >= 0.3 is 0 Å². The van der Waals surface area contributed by atoms with E-state index in [0.29, 0.717) is 12.1 Å². The van der Waals surface area contributed by atoms with Crippen molar-refractivity contribution >= 4 is 21.4 Å². The number of nitrogens with two attached hydrogens (primary N) is 1. The summed E-state index contributed by atoms with van der Waals surface area (Å²) in [7, 11) is -3.21. The van der Waals surface area contributed by atoms with Crippen molar-refractivity contribution in [1.82, 2.24) is 0 Å². The SMILES string of the molecule is CS(=O)(=O)c1ccc(NC(=O)CC2(N)CCCCC2)cc1. The second kappa shape index (κ2) is 6.15. The third-order valence-corrected chi connectivity index (χ3v) is 5.06. The molecule has 0 radical (unpaired) electrons. The lowest BCUT2D eigenvalue weighted by Gasteiger charge is -2.32. The highest BCUT2D eigenvalue weighted by Crippen LogP contribution is 2.29. The molecule has 1 amide bonds. The minimum Gasteiger partial charge on any atom is -0.326 e. The van der Waals surface area contributed by atoms with Crippen LogP contribution < -0.4 is 11.1 Å². The maximum atomic E-state index is 12.1. The Kier molecular flexibility index (Phi) is 4.68. The monoisotopic (exact) mass is 310 g/mol. The highest BCUT2D eigenvalue weighted by molar-refractivity contribution is 7.90. The first-order chi connectivity index (χ1) is 9.78. The maximum Gasteiger partial charge on any atom is 0.226 e. The Morgan fingerprint density at radius 3 is 2.29 bits per heavy atom. The third-order valence-electron chi connectivity index (χ3n) is 3.93. The van der Waals surface area contributed by atoms with Crippen LogP contribution in [0.25, 0.3) is 0 Å². The smallest absolute Gasteiger partial charge is 0.226 e. The molecule has 1 aromatic rings. The summed E-state index contributed by atoms with van der Waals surface area (Å²) in [5, 5.41) is 2.78. The molecule has 0 aliphatic heterocycles. The molecule has 0 spiro atoms. The lowest BCUT2D eigenvalue weighted by molar-refractivity contribution is -0.117. The molecule has 0 saturated heterocycles. The molecule has 1 aliphatic carbocycles. The van der Waals surface area contributed by atoms with Gasteiger partial charge in [0.2, 0.25) is 5.91 Å². The molecule has 0 heterocycles. The van der Waals surface area contributed by atoms with E-state index < -0.39 is 15.4 Å². The zero-order valence-electron chi connectivity index (χ0n) is 12.3. The van der Waals surface area contributed by atoms with Gasteiger partial charge in [-0.2, -0.15) is 0 Å². The Morgan fingerprint density at radius 1 is 1.19 bits per heavy atom. The van der Waals surface area contributed by atoms with E-state index in [9.17, 15) is 13.2 Å². The number of carbonyl (C=O) groups is 1. The molecule has 0 aromatic heterocycles. The van der Waals surface area contributed by atoms with Crippen molar-refractivity contribution in [3.63, 3.8) is 0 Å². The molecule has 0 unspecified atom stereocenters. The molecule has 21 heavy (non-hydrogen) atoms. The number of sulfone groups is 1. The first-order valence-electron chi connectivity index (χ1n) is 7.17. The number of rotatable bonds is 4. The molecule has 116 valence electrons. The largest absolute Gasteiger partial charge is 0.326 e. The summed E-state index contributed by atoms with van der Waals surface area (Å²) in [5.41, 5.74) is 6.45. The summed E-state index contributed by atoms with van der Waals surface area (Å²) < 4.78 is 22.7. The number of carbonyl (C=O) groups excluding carboxylic acids is 1. The first-order valence-corrected chi connectivity index (χ1v) is 9.07. The topological polar surface area (TPSA) is 89.3 Å². The van der Waals surface area contributed by atoms with Crippen LogP contribution in [0.2, 0.25) is 0 Å². The normalized spacial score (nSPS) is 18.2. The molecule has 1 aromatic carbocycles. The van der Waals surface area contributed by atoms with Gasteiger partial charge in [-0.3, -0.25) is 4.79 Å². The molecular weight excluding hydrogens is 288 g/mol. The van der Waals surface area contributed by atoms with Crippen LogP contribution in [0.4, 0.5) is 5.69 Å². The Hall–Kier alpha value is -1.40. The zero-order chi connectivity index (χ0) is 15.5. The van der Waals surface area contributed by atoms with E-state index in [0.717, 1.165) is 31.9 Å². The van der Waals surface area contributed by atoms with Crippen LogP contribution >= 0.6 is 0 Å². The van der Waals surface area contributed by atoms with Gasteiger partial charge in [0, 0.05) is 23.9 Å². The quantitative estimate of drug-likeness (QED) is 0.891. The van der Waals surface area contributed by atoms with Crippen LogP contribution in [0.5, 0.6) is 0 Å². The molecule has 1 fully saturated rings. The van der Waals surface area contributed by atoms with E-state index in [1.807, 2.05) is 0 Å². The van der Waals surface area contributed by atoms with E-state index in [2.05, 4.69) is 5.32 Å². The second-order valence-corrected chi connectivity index (χ2v) is 7.96. The van der Waals surface area contributed by atoms with Crippen LogP contribution in [0.3, 0.4) is 0 Å². The van der Waals surface area contributed by atoms with Crippen molar-refractivity contribution < 1.29 is 13.2 Å². The average Bonchev–Trinajstić information content (AvgIpc) is 2.38. The standard InChI is InChI=1S/C15H22N2O3S/c1-21(19,20)13-7-5-12(6-8-13)17-14(18)11-15(16)9-3-2-4-10-15/h5-8H,2-4,9-11,16H2,1H3,(H,17,18). The summed E-state index contributed by atoms with van der Waals surface area (Å²) in [4.78, 5) is 12.3. The van der Waals surface area contributed by atoms with Crippen molar-refractivity contribution in [2.24, 2.45) is 5.73 Å². The van der Waals surface area contributed by atoms with E-state index in [4.69, 9.17) is 5.73 Å². The predicted octanol–water partition coefficient (Wildman–Crippen LogP) is 2.08. The molecule has 5 nitrogen and oxygen atoms in total. The Morgan fingerprint density at radius 2 is 1.76 bits per heavy atom. The van der Waals surface area contributed by atoms with Crippen molar-refractivity contribution in [1.29, 1.82) is 0 Å². The zero-order valence-corrected chi connectivity index (χ0v) is 13.1. The number of anilines is 1. The lowest BCUT2D eigenvalue weighted by Crippen LogP contribution is -2.44. The fourth-order valence-electron chi connectivity index (χ4n) is 2.74. The minimum atomic E-state index is -3.21. The Bertz CT molecular complexity index is 602. The molecule has 1 saturated carbocycles. The first kappa shape index (κ1) is 16.0. The number of nitrogens with one attached hydrogen (secondary N) is 1. The number of amides is 1. The summed E-state index contributed by atoms with van der Waals surface area (Å²) in [6, 6.07) is 6.17. The van der Waals surface area contributed by atoms with Gasteiger partial charge in [0.25, 0.3) is 0 Å². The van der Waals surface area contributed by atoms with Gasteiger partial charge in [0.15, 0.2) is 9.84 Å². The van der Waals surface area contributed by atoms with Crippen LogP contribution in [0, 0.1) is 0 Å². The molecule has 3 N–H and O–H groups in total. The van der Waals surface area contributed by atoms with Gasteiger partial charge < -0.3 is 11.1 Å². The van der Waals surface area contributed by atoms with Crippen molar-refractivity contribution in [2.75, 3.05) is 11.6 Å². The van der Waals surface area contributed by atoms with E-state index >= 15 is 0 Å². The summed E-state index contributed by atoms with van der Waals surface area (Å²) >= 11 is 0. The van der Waals surface area contributed by atoms with Gasteiger partial charge in [0.05, 0.1) is 4.90 Å². The van der Waals surface area contributed by atoms with E-state index in [-0.39, 0.29) is 10.8 Å². The highest BCUT2D eigenvalue weighted by Gasteiger charge is 2.29. The number of hydrogen-bond acceptors (Lipinski definition) is 4. The number of hydrogen-bond donors (Lipinski definition) is 2. The van der Waals surface area contributed by atoms with Gasteiger partial charge in [0.1, 0.15) is 0 Å². The van der Waals surface area contributed by atoms with Gasteiger partial charge in [-0.15, -0.1) is 0 Å². The molecule has 0 bridgehead atoms. The summed E-state index contributed by atoms with van der Waals surface area (Å²) in [6.45, 7) is 0. The lowest BCUT2D eigenvalue weighted by atomic mass is 9.80. The van der Waals surface area contributed by atoms with Gasteiger partial charge in [-0.05, 0) is 37.1 Å². The second-order valence-electron chi connectivity index (χ2n) is 5.94. The maximum absolute atomic E-state index is 12.1. The predicted molar refractivity (Wildman–Crippen MR) is 82.8 cm³/mol. The fraction of sp³-hybridized carbons (Fsp3) is 0.533. The highest BCUT2D eigenvalue weighted by atomic mass is 32.2. The summed E-state index contributed by atoms with van der Waals surface area (Å²) in [6.07, 6.45) is 6.57. The third kappa shape index (κ3) is 4.54. The van der Waals surface area contributed by atoms with Crippen molar-refractivity contribution in [2.45, 2.75) is 49.0 Å². The Balaban J connectivity index is 1.96. The van der Waals surface area contributed by atoms with Crippen molar-refractivity contribution in [3.8, 4) is 0 Å². The van der Waals surface area contributed by atoms with Gasteiger partial charge in [-0.1, -0.05) is 19.3 Å². The molecular formula is C15H22N2O3S. The van der Waals surface area contributed by atoms with Crippen LogP contribution in [-0.2, 0) is 14.6 Å². The van der Waals surface area contributed by atoms with Crippen LogP contribution in [0.15, 0.2) is 29.2 Å².